The fourth-order valence-corrected chi connectivity index (χ4v) is 2.24. The van der Waals surface area contributed by atoms with Crippen LogP contribution in [-0.2, 0) is 0 Å². The van der Waals surface area contributed by atoms with Crippen LogP contribution in [0.1, 0.15) is 12.6 Å². The summed E-state index contributed by atoms with van der Waals surface area (Å²) in [5.74, 6) is 1.21. The monoisotopic (exact) mass is 302 g/mol. The SMILES string of the molecule is CCOc1ccccc1-n1ncc(-c2n[nH]c(=S)o2)c1C. The van der Waals surface area contributed by atoms with Crippen LogP contribution in [0.15, 0.2) is 34.9 Å². The van der Waals surface area contributed by atoms with E-state index in [0.29, 0.717) is 12.5 Å². The minimum Gasteiger partial charge on any atom is -0.492 e. The predicted octanol–water partition coefficient (Wildman–Crippen LogP) is 3.29. The number of ether oxygens (including phenoxy) is 1. The van der Waals surface area contributed by atoms with E-state index in [1.54, 1.807) is 10.9 Å². The summed E-state index contributed by atoms with van der Waals surface area (Å²) < 4.78 is 12.8. The lowest BCUT2D eigenvalue weighted by molar-refractivity contribution is 0.338. The Morgan fingerprint density at radius 3 is 2.90 bits per heavy atom. The molecular formula is C14H14N4O2S. The predicted molar refractivity (Wildman–Crippen MR) is 80.2 cm³/mol. The average molecular weight is 302 g/mol. The Labute approximate surface area is 126 Å². The molecule has 0 unspecified atom stereocenters. The van der Waals surface area contributed by atoms with Crippen LogP contribution in [0.2, 0.25) is 0 Å². The lowest BCUT2D eigenvalue weighted by Gasteiger charge is -2.11. The number of H-pyrrole nitrogens is 1. The van der Waals surface area contributed by atoms with Crippen LogP contribution >= 0.6 is 12.2 Å². The molecule has 0 saturated heterocycles. The fraction of sp³-hybridized carbons (Fsp3) is 0.214. The van der Waals surface area contributed by atoms with Crippen molar-refractivity contribution in [3.63, 3.8) is 0 Å². The Morgan fingerprint density at radius 2 is 2.19 bits per heavy atom. The minimum absolute atomic E-state index is 0.242. The lowest BCUT2D eigenvalue weighted by Crippen LogP contribution is -2.03. The summed E-state index contributed by atoms with van der Waals surface area (Å²) in [6, 6.07) is 7.74. The van der Waals surface area contributed by atoms with Crippen LogP contribution in [0.5, 0.6) is 5.75 Å². The van der Waals surface area contributed by atoms with E-state index >= 15 is 0 Å². The van der Waals surface area contributed by atoms with E-state index in [1.807, 2.05) is 38.1 Å². The van der Waals surface area contributed by atoms with Gasteiger partial charge in [0.2, 0.25) is 5.89 Å². The van der Waals surface area contributed by atoms with Gasteiger partial charge in [0, 0.05) is 0 Å². The Kier molecular flexibility index (Phi) is 3.57. The van der Waals surface area contributed by atoms with Crippen molar-refractivity contribution in [3.8, 4) is 22.9 Å². The van der Waals surface area contributed by atoms with Crippen LogP contribution in [0.3, 0.4) is 0 Å². The quantitative estimate of drug-likeness (QED) is 0.749. The third-order valence-corrected chi connectivity index (χ3v) is 3.25. The van der Waals surface area contributed by atoms with Gasteiger partial charge in [-0.2, -0.15) is 5.10 Å². The molecule has 1 aromatic carbocycles. The van der Waals surface area contributed by atoms with Gasteiger partial charge < -0.3 is 9.15 Å². The van der Waals surface area contributed by atoms with Gasteiger partial charge in [-0.05, 0) is 38.2 Å². The number of hydrogen-bond acceptors (Lipinski definition) is 5. The Bertz CT molecular complexity index is 818. The molecule has 0 amide bonds. The van der Waals surface area contributed by atoms with Crippen molar-refractivity contribution in [2.24, 2.45) is 0 Å². The largest absolute Gasteiger partial charge is 0.492 e. The first-order chi connectivity index (χ1) is 10.2. The van der Waals surface area contributed by atoms with Crippen molar-refractivity contribution in [2.75, 3.05) is 6.61 Å². The number of nitrogens with one attached hydrogen (secondary N) is 1. The van der Waals surface area contributed by atoms with E-state index in [-0.39, 0.29) is 4.84 Å². The van der Waals surface area contributed by atoms with E-state index < -0.39 is 0 Å². The highest BCUT2D eigenvalue weighted by Gasteiger charge is 2.16. The Morgan fingerprint density at radius 1 is 1.38 bits per heavy atom. The molecule has 0 atom stereocenters. The summed E-state index contributed by atoms with van der Waals surface area (Å²) in [7, 11) is 0. The Balaban J connectivity index is 2.09. The molecule has 0 bridgehead atoms. The molecule has 0 fully saturated rings. The zero-order valence-electron chi connectivity index (χ0n) is 11.7. The molecule has 0 aliphatic rings. The second-order valence-electron chi connectivity index (χ2n) is 4.37. The first kappa shape index (κ1) is 13.6. The highest BCUT2D eigenvalue weighted by Crippen LogP contribution is 2.27. The highest BCUT2D eigenvalue weighted by atomic mass is 32.1. The summed E-state index contributed by atoms with van der Waals surface area (Å²) in [5, 5.41) is 11.0. The fourth-order valence-electron chi connectivity index (χ4n) is 2.12. The number of aromatic amines is 1. The summed E-state index contributed by atoms with van der Waals surface area (Å²) in [6.07, 6.45) is 1.70. The average Bonchev–Trinajstić information content (AvgIpc) is 3.06. The number of hydrogen-bond donors (Lipinski definition) is 1. The van der Waals surface area contributed by atoms with E-state index in [0.717, 1.165) is 22.7 Å². The van der Waals surface area contributed by atoms with Crippen molar-refractivity contribution in [2.45, 2.75) is 13.8 Å². The first-order valence-corrected chi connectivity index (χ1v) is 6.94. The standard InChI is InChI=1S/C14H14N4O2S/c1-3-19-12-7-5-4-6-11(12)18-9(2)10(8-15-18)13-16-17-14(21)20-13/h4-8H,3H2,1-2H3,(H,17,21). The van der Waals surface area contributed by atoms with Crippen LogP contribution in [0.25, 0.3) is 17.1 Å². The van der Waals surface area contributed by atoms with E-state index in [1.165, 1.54) is 0 Å². The van der Waals surface area contributed by atoms with Gasteiger partial charge >= 0.3 is 0 Å². The molecule has 2 aromatic heterocycles. The zero-order chi connectivity index (χ0) is 14.8. The van der Waals surface area contributed by atoms with Crippen molar-refractivity contribution < 1.29 is 9.15 Å². The maximum atomic E-state index is 5.64. The molecule has 0 spiro atoms. The normalized spacial score (nSPS) is 10.8. The number of para-hydroxylation sites is 2. The molecule has 7 heteroatoms. The van der Waals surface area contributed by atoms with Gasteiger partial charge in [-0.3, -0.25) is 0 Å². The summed E-state index contributed by atoms with van der Waals surface area (Å²) >= 11 is 4.90. The van der Waals surface area contributed by atoms with Crippen LogP contribution in [0, 0.1) is 11.8 Å². The van der Waals surface area contributed by atoms with Crippen LogP contribution in [-0.4, -0.2) is 26.6 Å². The van der Waals surface area contributed by atoms with Gasteiger partial charge in [0.05, 0.1) is 24.1 Å². The topological polar surface area (TPSA) is 68.9 Å². The maximum Gasteiger partial charge on any atom is 0.284 e. The number of rotatable bonds is 4. The van der Waals surface area contributed by atoms with E-state index in [4.69, 9.17) is 21.4 Å². The summed E-state index contributed by atoms with van der Waals surface area (Å²) in [5.41, 5.74) is 2.55. The molecule has 0 aliphatic carbocycles. The number of nitrogens with zero attached hydrogens (tertiary/aromatic N) is 3. The van der Waals surface area contributed by atoms with Gasteiger partial charge in [-0.25, -0.2) is 9.78 Å². The molecule has 3 rings (SSSR count). The lowest BCUT2D eigenvalue weighted by atomic mass is 10.2. The Hall–Kier alpha value is -2.41. The van der Waals surface area contributed by atoms with Crippen LogP contribution < -0.4 is 4.74 Å². The molecule has 0 aliphatic heterocycles. The molecule has 21 heavy (non-hydrogen) atoms. The second kappa shape index (κ2) is 5.53. The maximum absolute atomic E-state index is 5.64. The molecule has 2 heterocycles. The highest BCUT2D eigenvalue weighted by molar-refractivity contribution is 7.71. The first-order valence-electron chi connectivity index (χ1n) is 6.53. The molecule has 108 valence electrons. The molecular weight excluding hydrogens is 288 g/mol. The smallest absolute Gasteiger partial charge is 0.284 e. The van der Waals surface area contributed by atoms with Crippen LogP contribution in [0.4, 0.5) is 0 Å². The molecule has 6 nitrogen and oxygen atoms in total. The molecule has 0 radical (unpaired) electrons. The molecule has 1 N–H and O–H groups in total. The van der Waals surface area contributed by atoms with Crippen molar-refractivity contribution in [1.29, 1.82) is 0 Å². The van der Waals surface area contributed by atoms with E-state index in [9.17, 15) is 0 Å². The van der Waals surface area contributed by atoms with Gasteiger partial charge in [0.25, 0.3) is 4.84 Å². The van der Waals surface area contributed by atoms with Crippen molar-refractivity contribution >= 4 is 12.2 Å². The molecule has 0 saturated carbocycles. The summed E-state index contributed by atoms with van der Waals surface area (Å²) in [6.45, 7) is 4.49. The van der Waals surface area contributed by atoms with Crippen molar-refractivity contribution in [1.82, 2.24) is 20.0 Å². The number of aromatic nitrogens is 4. The minimum atomic E-state index is 0.242. The van der Waals surface area contributed by atoms with Gasteiger partial charge in [0.15, 0.2) is 0 Å². The third kappa shape index (κ3) is 2.47. The second-order valence-corrected chi connectivity index (χ2v) is 4.75. The van der Waals surface area contributed by atoms with Crippen molar-refractivity contribution in [3.05, 3.63) is 41.0 Å². The summed E-state index contributed by atoms with van der Waals surface area (Å²) in [4.78, 5) is 0.242. The third-order valence-electron chi connectivity index (χ3n) is 3.07. The molecule has 3 aromatic rings. The van der Waals surface area contributed by atoms with Gasteiger partial charge in [0.1, 0.15) is 11.4 Å². The zero-order valence-corrected chi connectivity index (χ0v) is 12.5. The van der Waals surface area contributed by atoms with Gasteiger partial charge in [-0.1, -0.05) is 12.1 Å². The number of benzene rings is 1. The van der Waals surface area contributed by atoms with Gasteiger partial charge in [-0.15, -0.1) is 5.10 Å². The van der Waals surface area contributed by atoms with E-state index in [2.05, 4.69) is 15.3 Å².